The van der Waals surface area contributed by atoms with Crippen LogP contribution in [0.15, 0.2) is 66.0 Å². The van der Waals surface area contributed by atoms with Gasteiger partial charge in [-0.05, 0) is 46.7 Å². The molecule has 0 fully saturated rings. The van der Waals surface area contributed by atoms with E-state index in [1.54, 1.807) is 29.5 Å². The summed E-state index contributed by atoms with van der Waals surface area (Å²) < 4.78 is 13.2. The van der Waals surface area contributed by atoms with Crippen molar-refractivity contribution in [2.75, 3.05) is 6.54 Å². The van der Waals surface area contributed by atoms with Crippen LogP contribution >= 0.6 is 11.3 Å². The molecular formula is C25H25FN2O2S. The van der Waals surface area contributed by atoms with Gasteiger partial charge in [0.2, 0.25) is 5.91 Å². The van der Waals surface area contributed by atoms with E-state index >= 15 is 0 Å². The third kappa shape index (κ3) is 4.39. The van der Waals surface area contributed by atoms with Gasteiger partial charge in [-0.15, -0.1) is 11.3 Å². The zero-order chi connectivity index (χ0) is 22.0. The molecule has 0 bridgehead atoms. The Bertz CT molecular complexity index is 1060. The maximum atomic E-state index is 13.5. The number of fused-ring (bicyclic) bond motifs is 1. The molecule has 0 aliphatic carbocycles. The molecule has 1 aliphatic heterocycles. The molecule has 4 rings (SSSR count). The second-order valence-electron chi connectivity index (χ2n) is 8.22. The fourth-order valence-electron chi connectivity index (χ4n) is 4.15. The molecule has 0 spiro atoms. The molecule has 0 saturated heterocycles. The lowest BCUT2D eigenvalue weighted by molar-refractivity contribution is -0.124. The van der Waals surface area contributed by atoms with Crippen LogP contribution in [0.25, 0.3) is 0 Å². The second kappa shape index (κ2) is 9.02. The first-order chi connectivity index (χ1) is 15.0. The van der Waals surface area contributed by atoms with Gasteiger partial charge in [0.25, 0.3) is 5.91 Å². The number of nitrogens with one attached hydrogen (secondary N) is 1. The predicted octanol–water partition coefficient (Wildman–Crippen LogP) is 5.14. The minimum absolute atomic E-state index is 0.0368. The molecule has 4 nitrogen and oxygen atoms in total. The maximum absolute atomic E-state index is 13.5. The lowest BCUT2D eigenvalue weighted by Crippen LogP contribution is -2.48. The summed E-state index contributed by atoms with van der Waals surface area (Å²) in [5.41, 5.74) is 2.15. The molecule has 6 heteroatoms. The van der Waals surface area contributed by atoms with Gasteiger partial charge in [-0.25, -0.2) is 4.39 Å². The Morgan fingerprint density at radius 1 is 1.10 bits per heavy atom. The quantitative estimate of drug-likeness (QED) is 0.582. The summed E-state index contributed by atoms with van der Waals surface area (Å²) in [6, 6.07) is 17.1. The van der Waals surface area contributed by atoms with Gasteiger partial charge in [0, 0.05) is 23.5 Å². The Kier molecular flexibility index (Phi) is 6.18. The number of benzene rings is 2. The fraction of sp³-hybridized carbons (Fsp3) is 0.280. The smallest absolute Gasteiger partial charge is 0.254 e. The van der Waals surface area contributed by atoms with E-state index in [4.69, 9.17) is 0 Å². The van der Waals surface area contributed by atoms with Gasteiger partial charge >= 0.3 is 0 Å². The highest BCUT2D eigenvalue weighted by Gasteiger charge is 2.44. The molecule has 2 heterocycles. The van der Waals surface area contributed by atoms with Crippen LogP contribution in [0, 0.1) is 11.7 Å². The van der Waals surface area contributed by atoms with Crippen molar-refractivity contribution in [1.29, 1.82) is 0 Å². The summed E-state index contributed by atoms with van der Waals surface area (Å²) >= 11 is 1.56. The predicted molar refractivity (Wildman–Crippen MR) is 120 cm³/mol. The molecule has 0 saturated carbocycles. The number of thiophene rings is 1. The van der Waals surface area contributed by atoms with E-state index in [0.717, 1.165) is 16.0 Å². The van der Waals surface area contributed by atoms with E-state index < -0.39 is 5.92 Å². The molecule has 1 aliphatic rings. The Morgan fingerprint density at radius 2 is 1.84 bits per heavy atom. The third-order valence-electron chi connectivity index (χ3n) is 5.50. The van der Waals surface area contributed by atoms with Crippen LogP contribution in [0.3, 0.4) is 0 Å². The van der Waals surface area contributed by atoms with Crippen molar-refractivity contribution >= 4 is 23.2 Å². The summed E-state index contributed by atoms with van der Waals surface area (Å²) in [5, 5.41) is 4.99. The molecule has 1 N–H and O–H groups in total. The number of rotatable bonds is 6. The molecule has 31 heavy (non-hydrogen) atoms. The van der Waals surface area contributed by atoms with Crippen LogP contribution in [0.1, 0.15) is 52.2 Å². The molecule has 1 aromatic heterocycles. The van der Waals surface area contributed by atoms with Crippen molar-refractivity contribution < 1.29 is 14.0 Å². The van der Waals surface area contributed by atoms with Crippen molar-refractivity contribution in [3.63, 3.8) is 0 Å². The van der Waals surface area contributed by atoms with Crippen molar-refractivity contribution in [2.24, 2.45) is 5.92 Å². The molecule has 0 radical (unpaired) electrons. The third-order valence-corrected chi connectivity index (χ3v) is 6.44. The highest BCUT2D eigenvalue weighted by molar-refractivity contribution is 7.10. The van der Waals surface area contributed by atoms with Gasteiger partial charge in [0.1, 0.15) is 5.82 Å². The number of carbonyl (C=O) groups excluding carboxylic acids is 2. The first-order valence-electron chi connectivity index (χ1n) is 10.4. The topological polar surface area (TPSA) is 49.4 Å². The Hall–Kier alpha value is -2.99. The van der Waals surface area contributed by atoms with E-state index in [0.29, 0.717) is 18.7 Å². The maximum Gasteiger partial charge on any atom is 0.254 e. The SMILES string of the molecule is CC(C)CN1C(=O)c2ccccc2[C@H](C(=O)NCc2ccc(F)cc2)[C@@H]1c1cccs1. The van der Waals surface area contributed by atoms with Crippen molar-refractivity contribution in [3.05, 3.63) is 93.4 Å². The molecule has 2 amide bonds. The summed E-state index contributed by atoms with van der Waals surface area (Å²) in [5.74, 6) is -0.745. The number of nitrogens with zero attached hydrogens (tertiary/aromatic N) is 1. The van der Waals surface area contributed by atoms with Crippen LogP contribution in [-0.2, 0) is 11.3 Å². The van der Waals surface area contributed by atoms with Gasteiger partial charge in [0.15, 0.2) is 0 Å². The van der Waals surface area contributed by atoms with Crippen LogP contribution in [0.4, 0.5) is 4.39 Å². The van der Waals surface area contributed by atoms with Gasteiger partial charge in [-0.1, -0.05) is 50.2 Å². The standard InChI is InChI=1S/C25H25FN2O2S/c1-16(2)15-28-23(21-8-5-13-31-21)22(19-6-3-4-7-20(19)25(28)30)24(29)27-14-17-9-11-18(26)12-10-17/h3-13,16,22-23H,14-15H2,1-2H3,(H,27,29)/t22-,23-/m0/s1. The summed E-state index contributed by atoms with van der Waals surface area (Å²) in [4.78, 5) is 29.8. The molecule has 160 valence electrons. The number of halogens is 1. The number of hydrogen-bond acceptors (Lipinski definition) is 3. The van der Waals surface area contributed by atoms with Gasteiger partial charge in [0.05, 0.1) is 12.0 Å². The van der Waals surface area contributed by atoms with E-state index in [1.165, 1.54) is 12.1 Å². The summed E-state index contributed by atoms with van der Waals surface area (Å²) in [7, 11) is 0. The molecule has 2 aromatic carbocycles. The molecular weight excluding hydrogens is 411 g/mol. The average Bonchev–Trinajstić information content (AvgIpc) is 3.29. The monoisotopic (exact) mass is 436 g/mol. The van der Waals surface area contributed by atoms with Gasteiger partial charge in [-0.3, -0.25) is 9.59 Å². The number of hydrogen-bond donors (Lipinski definition) is 1. The van der Waals surface area contributed by atoms with Crippen molar-refractivity contribution in [1.82, 2.24) is 10.2 Å². The van der Waals surface area contributed by atoms with Crippen molar-refractivity contribution in [3.8, 4) is 0 Å². The van der Waals surface area contributed by atoms with Gasteiger partial charge in [-0.2, -0.15) is 0 Å². The van der Waals surface area contributed by atoms with Crippen LogP contribution in [0.2, 0.25) is 0 Å². The van der Waals surface area contributed by atoms with Crippen LogP contribution in [-0.4, -0.2) is 23.3 Å². The van der Waals surface area contributed by atoms with E-state index in [2.05, 4.69) is 19.2 Å². The number of carbonyl (C=O) groups is 2. The highest BCUT2D eigenvalue weighted by Crippen LogP contribution is 2.44. The first-order valence-corrected chi connectivity index (χ1v) is 11.3. The Labute approximate surface area is 185 Å². The second-order valence-corrected chi connectivity index (χ2v) is 9.20. The zero-order valence-corrected chi connectivity index (χ0v) is 18.4. The van der Waals surface area contributed by atoms with E-state index in [-0.39, 0.29) is 29.6 Å². The number of amides is 2. The van der Waals surface area contributed by atoms with Crippen LogP contribution < -0.4 is 5.32 Å². The Morgan fingerprint density at radius 3 is 2.52 bits per heavy atom. The van der Waals surface area contributed by atoms with Gasteiger partial charge < -0.3 is 10.2 Å². The normalized spacial score (nSPS) is 18.2. The summed E-state index contributed by atoms with van der Waals surface area (Å²) in [6.45, 7) is 5.01. The zero-order valence-electron chi connectivity index (χ0n) is 17.5. The first kappa shape index (κ1) is 21.2. The van der Waals surface area contributed by atoms with Crippen molar-refractivity contribution in [2.45, 2.75) is 32.4 Å². The molecule has 0 unspecified atom stereocenters. The van der Waals surface area contributed by atoms with E-state index in [9.17, 15) is 14.0 Å². The molecule has 2 atom stereocenters. The van der Waals surface area contributed by atoms with E-state index in [1.807, 2.05) is 40.6 Å². The minimum Gasteiger partial charge on any atom is -0.351 e. The largest absolute Gasteiger partial charge is 0.351 e. The minimum atomic E-state index is -0.522. The Balaban J connectivity index is 1.72. The average molecular weight is 437 g/mol. The fourth-order valence-corrected chi connectivity index (χ4v) is 5.02. The summed E-state index contributed by atoms with van der Waals surface area (Å²) in [6.07, 6.45) is 0. The lowest BCUT2D eigenvalue weighted by Gasteiger charge is -2.42. The highest BCUT2D eigenvalue weighted by atomic mass is 32.1. The lowest BCUT2D eigenvalue weighted by atomic mass is 9.81. The molecule has 3 aromatic rings. The van der Waals surface area contributed by atoms with Crippen LogP contribution in [0.5, 0.6) is 0 Å².